The maximum Gasteiger partial charge on any atom is 0.161 e. The Hall–Kier alpha value is -1.91. The van der Waals surface area contributed by atoms with E-state index >= 15 is 0 Å². The molecular formula is C12H19N3O2. The lowest BCUT2D eigenvalue weighted by molar-refractivity contribution is 0.316. The van der Waals surface area contributed by atoms with Crippen molar-refractivity contribution in [1.82, 2.24) is 0 Å². The average Bonchev–Trinajstić information content (AvgIpc) is 2.35. The number of nitrogens with two attached hydrogens (primary N) is 1. The van der Waals surface area contributed by atoms with Crippen LogP contribution in [-0.4, -0.2) is 24.2 Å². The highest BCUT2D eigenvalue weighted by molar-refractivity contribution is 5.88. The molecule has 0 aliphatic rings. The smallest absolute Gasteiger partial charge is 0.161 e. The van der Waals surface area contributed by atoms with E-state index < -0.39 is 0 Å². The second-order valence-corrected chi connectivity index (χ2v) is 3.83. The van der Waals surface area contributed by atoms with Crippen LogP contribution in [0.1, 0.15) is 18.9 Å². The predicted octanol–water partition coefficient (Wildman–Crippen LogP) is 1.94. The van der Waals surface area contributed by atoms with Crippen LogP contribution in [0.4, 0.5) is 5.69 Å². The largest absolute Gasteiger partial charge is 0.495 e. The Bertz CT molecular complexity index is 405. The molecule has 0 heterocycles. The van der Waals surface area contributed by atoms with Gasteiger partial charge in [-0.25, -0.2) is 0 Å². The number of methoxy groups -OCH3 is 1. The van der Waals surface area contributed by atoms with E-state index in [-0.39, 0.29) is 11.9 Å². The summed E-state index contributed by atoms with van der Waals surface area (Å²) in [4.78, 5) is 0. The van der Waals surface area contributed by atoms with E-state index in [1.807, 2.05) is 32.0 Å². The Kier molecular flexibility index (Phi) is 4.63. The Morgan fingerprint density at radius 3 is 2.82 bits per heavy atom. The summed E-state index contributed by atoms with van der Waals surface area (Å²) in [6, 6.07) is 5.60. The van der Waals surface area contributed by atoms with Crippen LogP contribution in [0, 0.1) is 6.92 Å². The molecule has 0 saturated carbocycles. The van der Waals surface area contributed by atoms with Crippen LogP contribution in [-0.2, 0) is 0 Å². The first kappa shape index (κ1) is 13.2. The molecule has 0 saturated heterocycles. The quantitative estimate of drug-likeness (QED) is 0.316. The fourth-order valence-electron chi connectivity index (χ4n) is 1.58. The van der Waals surface area contributed by atoms with Crippen LogP contribution in [0.5, 0.6) is 5.75 Å². The molecule has 4 N–H and O–H groups in total. The fraction of sp³-hybridized carbons (Fsp3) is 0.417. The molecular weight excluding hydrogens is 218 g/mol. The number of hydrogen-bond acceptors (Lipinski definition) is 4. The molecule has 17 heavy (non-hydrogen) atoms. The fourth-order valence-corrected chi connectivity index (χ4v) is 1.58. The molecule has 1 unspecified atom stereocenters. The van der Waals surface area contributed by atoms with Gasteiger partial charge in [-0.2, -0.15) is 0 Å². The van der Waals surface area contributed by atoms with Gasteiger partial charge >= 0.3 is 0 Å². The highest BCUT2D eigenvalue weighted by Gasteiger charge is 2.13. The van der Waals surface area contributed by atoms with Crippen molar-refractivity contribution in [2.45, 2.75) is 26.3 Å². The number of amidine groups is 1. The molecule has 0 aliphatic carbocycles. The van der Waals surface area contributed by atoms with Crippen LogP contribution in [0.15, 0.2) is 23.4 Å². The third-order valence-electron chi connectivity index (χ3n) is 2.57. The van der Waals surface area contributed by atoms with E-state index in [0.717, 1.165) is 17.0 Å². The summed E-state index contributed by atoms with van der Waals surface area (Å²) in [6.07, 6.45) is 0.715. The van der Waals surface area contributed by atoms with E-state index in [1.54, 1.807) is 7.11 Å². The third kappa shape index (κ3) is 3.27. The Morgan fingerprint density at radius 2 is 2.29 bits per heavy atom. The van der Waals surface area contributed by atoms with Crippen molar-refractivity contribution in [1.29, 1.82) is 0 Å². The third-order valence-corrected chi connectivity index (χ3v) is 2.57. The number of rotatable bonds is 5. The van der Waals surface area contributed by atoms with Crippen LogP contribution < -0.4 is 15.8 Å². The zero-order chi connectivity index (χ0) is 12.8. The first-order chi connectivity index (χ1) is 8.12. The van der Waals surface area contributed by atoms with Crippen LogP contribution in [0.3, 0.4) is 0 Å². The number of benzene rings is 1. The predicted molar refractivity (Wildman–Crippen MR) is 68.8 cm³/mol. The van der Waals surface area contributed by atoms with E-state index in [1.165, 1.54) is 0 Å². The Balaban J connectivity index is 2.96. The van der Waals surface area contributed by atoms with Gasteiger partial charge in [0.2, 0.25) is 0 Å². The first-order valence-corrected chi connectivity index (χ1v) is 5.51. The van der Waals surface area contributed by atoms with Gasteiger partial charge in [0.25, 0.3) is 0 Å². The minimum atomic E-state index is -0.212. The summed E-state index contributed by atoms with van der Waals surface area (Å²) in [7, 11) is 1.61. The van der Waals surface area contributed by atoms with Crippen LogP contribution in [0.2, 0.25) is 0 Å². The van der Waals surface area contributed by atoms with E-state index in [9.17, 15) is 0 Å². The number of hydrogen-bond donors (Lipinski definition) is 3. The zero-order valence-electron chi connectivity index (χ0n) is 10.4. The lowest BCUT2D eigenvalue weighted by Gasteiger charge is -2.19. The molecule has 94 valence electrons. The maximum atomic E-state index is 8.69. The molecule has 0 fully saturated rings. The monoisotopic (exact) mass is 237 g/mol. The van der Waals surface area contributed by atoms with Crippen molar-refractivity contribution in [2.75, 3.05) is 12.4 Å². The van der Waals surface area contributed by atoms with E-state index in [0.29, 0.717) is 6.42 Å². The van der Waals surface area contributed by atoms with Gasteiger partial charge in [-0.3, -0.25) is 0 Å². The number of nitrogens with zero attached hydrogens (tertiary/aromatic N) is 1. The lowest BCUT2D eigenvalue weighted by Crippen LogP contribution is -2.35. The van der Waals surface area contributed by atoms with Crippen molar-refractivity contribution < 1.29 is 9.94 Å². The molecule has 0 bridgehead atoms. The number of oxime groups is 1. The molecule has 1 aromatic carbocycles. The molecule has 0 aromatic heterocycles. The molecule has 0 amide bonds. The summed E-state index contributed by atoms with van der Waals surface area (Å²) < 4.78 is 5.25. The van der Waals surface area contributed by atoms with Gasteiger partial charge in [0.15, 0.2) is 5.84 Å². The SMILES string of the molecule is CCC(Nc1cc(C)ccc1OC)C(N)=NO. The van der Waals surface area contributed by atoms with E-state index in [4.69, 9.17) is 15.7 Å². The molecule has 1 atom stereocenters. The van der Waals surface area contributed by atoms with Gasteiger partial charge in [0.1, 0.15) is 5.75 Å². The van der Waals surface area contributed by atoms with Gasteiger partial charge in [0, 0.05) is 0 Å². The van der Waals surface area contributed by atoms with Gasteiger partial charge < -0.3 is 21.0 Å². The second-order valence-electron chi connectivity index (χ2n) is 3.83. The Labute approximate surface area is 101 Å². The van der Waals surface area contributed by atoms with E-state index in [2.05, 4.69) is 10.5 Å². The number of anilines is 1. The van der Waals surface area contributed by atoms with Crippen molar-refractivity contribution in [3.05, 3.63) is 23.8 Å². The summed E-state index contributed by atoms with van der Waals surface area (Å²) in [5, 5.41) is 14.9. The highest BCUT2D eigenvalue weighted by Crippen LogP contribution is 2.26. The average molecular weight is 237 g/mol. The maximum absolute atomic E-state index is 8.69. The number of nitrogens with one attached hydrogen (secondary N) is 1. The molecule has 5 nitrogen and oxygen atoms in total. The molecule has 1 rings (SSSR count). The van der Waals surface area contributed by atoms with Gasteiger partial charge in [-0.15, -0.1) is 0 Å². The molecule has 0 spiro atoms. The van der Waals surface area contributed by atoms with Gasteiger partial charge in [-0.1, -0.05) is 18.1 Å². The van der Waals surface area contributed by atoms with Gasteiger partial charge in [0.05, 0.1) is 18.8 Å². The summed E-state index contributed by atoms with van der Waals surface area (Å²) in [6.45, 7) is 3.95. The molecule has 5 heteroatoms. The van der Waals surface area contributed by atoms with Crippen molar-refractivity contribution >= 4 is 11.5 Å². The van der Waals surface area contributed by atoms with Crippen LogP contribution in [0.25, 0.3) is 0 Å². The Morgan fingerprint density at radius 1 is 1.59 bits per heavy atom. The summed E-state index contributed by atoms with van der Waals surface area (Å²) in [5.74, 6) is 0.899. The summed E-state index contributed by atoms with van der Waals surface area (Å²) in [5.41, 5.74) is 7.55. The topological polar surface area (TPSA) is 79.9 Å². The number of ether oxygens (including phenoxy) is 1. The molecule has 1 aromatic rings. The summed E-state index contributed by atoms with van der Waals surface area (Å²) >= 11 is 0. The standard InChI is InChI=1S/C12H19N3O2/c1-4-9(12(13)15-16)14-10-7-8(2)5-6-11(10)17-3/h5-7,9,14,16H,4H2,1-3H3,(H2,13,15). The first-order valence-electron chi connectivity index (χ1n) is 5.51. The minimum Gasteiger partial charge on any atom is -0.495 e. The highest BCUT2D eigenvalue weighted by atomic mass is 16.5. The van der Waals surface area contributed by atoms with Gasteiger partial charge in [-0.05, 0) is 31.0 Å². The second kappa shape index (κ2) is 5.98. The zero-order valence-corrected chi connectivity index (χ0v) is 10.4. The van der Waals surface area contributed by atoms with Crippen molar-refractivity contribution in [2.24, 2.45) is 10.9 Å². The van der Waals surface area contributed by atoms with Crippen LogP contribution >= 0.6 is 0 Å². The van der Waals surface area contributed by atoms with Crippen molar-refractivity contribution in [3.8, 4) is 5.75 Å². The number of aryl methyl sites for hydroxylation is 1. The van der Waals surface area contributed by atoms with Crippen molar-refractivity contribution in [3.63, 3.8) is 0 Å². The lowest BCUT2D eigenvalue weighted by atomic mass is 10.1. The normalized spacial score (nSPS) is 13.2. The molecule has 0 aliphatic heterocycles. The minimum absolute atomic E-state index is 0.163. The molecule has 0 radical (unpaired) electrons.